The lowest BCUT2D eigenvalue weighted by molar-refractivity contribution is 0.0554. The third kappa shape index (κ3) is 3.86. The first kappa shape index (κ1) is 13.6. The van der Waals surface area contributed by atoms with Gasteiger partial charge >= 0.3 is 0 Å². The molecule has 0 spiro atoms. The zero-order chi connectivity index (χ0) is 12.2. The van der Waals surface area contributed by atoms with E-state index in [1.54, 1.807) is 24.4 Å². The summed E-state index contributed by atoms with van der Waals surface area (Å²) >= 11 is 1.16. The maximum atomic E-state index is 11.7. The zero-order valence-electron chi connectivity index (χ0n) is 9.43. The summed E-state index contributed by atoms with van der Waals surface area (Å²) in [7, 11) is -3.46. The third-order valence-corrected chi connectivity index (χ3v) is 4.99. The van der Waals surface area contributed by atoms with Crippen molar-refractivity contribution < 1.29 is 13.5 Å². The van der Waals surface area contributed by atoms with Crippen molar-refractivity contribution in [1.29, 1.82) is 0 Å². The van der Waals surface area contributed by atoms with Gasteiger partial charge in [0, 0.05) is 6.54 Å². The molecule has 0 saturated heterocycles. The van der Waals surface area contributed by atoms with E-state index in [2.05, 4.69) is 4.72 Å². The highest BCUT2D eigenvalue weighted by atomic mass is 32.2. The first-order valence-corrected chi connectivity index (χ1v) is 7.49. The first-order chi connectivity index (χ1) is 7.37. The van der Waals surface area contributed by atoms with Gasteiger partial charge in [-0.1, -0.05) is 19.4 Å². The van der Waals surface area contributed by atoms with Gasteiger partial charge in [-0.15, -0.1) is 11.3 Å². The van der Waals surface area contributed by atoms with E-state index >= 15 is 0 Å². The quantitative estimate of drug-likeness (QED) is 0.819. The largest absolute Gasteiger partial charge is 0.389 e. The van der Waals surface area contributed by atoms with Gasteiger partial charge in [0.15, 0.2) is 0 Å². The molecule has 0 aliphatic carbocycles. The van der Waals surface area contributed by atoms with Gasteiger partial charge in [-0.2, -0.15) is 0 Å². The standard InChI is InChI=1S/C10H17NO3S2/c1-3-6-10(2,12)8-11-16(13,14)9-5-4-7-15-9/h4-5,7,11-12H,3,6,8H2,1-2H3. The van der Waals surface area contributed by atoms with Gasteiger partial charge in [0.05, 0.1) is 5.60 Å². The maximum Gasteiger partial charge on any atom is 0.250 e. The number of hydrogen-bond acceptors (Lipinski definition) is 4. The summed E-state index contributed by atoms with van der Waals surface area (Å²) < 4.78 is 26.2. The lowest BCUT2D eigenvalue weighted by Gasteiger charge is -2.22. The van der Waals surface area contributed by atoms with E-state index in [0.29, 0.717) is 6.42 Å². The Hall–Kier alpha value is -0.430. The predicted octanol–water partition coefficient (Wildman–Crippen LogP) is 1.58. The molecule has 1 rings (SSSR count). The van der Waals surface area contributed by atoms with Crippen LogP contribution in [0.25, 0.3) is 0 Å². The fraction of sp³-hybridized carbons (Fsp3) is 0.600. The summed E-state index contributed by atoms with van der Waals surface area (Å²) in [6.45, 7) is 3.62. The molecule has 92 valence electrons. The summed E-state index contributed by atoms with van der Waals surface area (Å²) in [6.07, 6.45) is 1.38. The minimum atomic E-state index is -3.46. The van der Waals surface area contributed by atoms with E-state index in [4.69, 9.17) is 0 Å². The van der Waals surface area contributed by atoms with Gasteiger partial charge in [0.25, 0.3) is 0 Å². The van der Waals surface area contributed by atoms with Crippen LogP contribution in [0.15, 0.2) is 21.7 Å². The van der Waals surface area contributed by atoms with Crippen molar-refractivity contribution in [2.45, 2.75) is 36.5 Å². The average Bonchev–Trinajstić information content (AvgIpc) is 2.68. The van der Waals surface area contributed by atoms with E-state index in [1.165, 1.54) is 0 Å². The van der Waals surface area contributed by atoms with Crippen LogP contribution in [0.1, 0.15) is 26.7 Å². The second-order valence-electron chi connectivity index (χ2n) is 4.00. The number of aliphatic hydroxyl groups is 1. The molecule has 2 N–H and O–H groups in total. The minimum Gasteiger partial charge on any atom is -0.389 e. The molecule has 16 heavy (non-hydrogen) atoms. The topological polar surface area (TPSA) is 66.4 Å². The van der Waals surface area contributed by atoms with Crippen LogP contribution < -0.4 is 4.72 Å². The fourth-order valence-corrected chi connectivity index (χ4v) is 3.56. The molecular weight excluding hydrogens is 246 g/mol. The van der Waals surface area contributed by atoms with Crippen molar-refractivity contribution in [2.75, 3.05) is 6.54 Å². The number of hydrogen-bond donors (Lipinski definition) is 2. The van der Waals surface area contributed by atoms with Crippen molar-refractivity contribution in [3.8, 4) is 0 Å². The van der Waals surface area contributed by atoms with Crippen LogP contribution in [0.4, 0.5) is 0 Å². The Bertz CT molecular complexity index is 409. The highest BCUT2D eigenvalue weighted by Crippen LogP contribution is 2.17. The summed E-state index contributed by atoms with van der Waals surface area (Å²) in [6, 6.07) is 3.23. The first-order valence-electron chi connectivity index (χ1n) is 5.13. The summed E-state index contributed by atoms with van der Waals surface area (Å²) in [5, 5.41) is 11.6. The molecule has 1 atom stereocenters. The van der Waals surface area contributed by atoms with E-state index < -0.39 is 15.6 Å². The van der Waals surface area contributed by atoms with E-state index in [9.17, 15) is 13.5 Å². The van der Waals surface area contributed by atoms with Gasteiger partial charge in [-0.25, -0.2) is 13.1 Å². The second-order valence-corrected chi connectivity index (χ2v) is 6.95. The van der Waals surface area contributed by atoms with Crippen LogP contribution in [0, 0.1) is 0 Å². The Morgan fingerprint density at radius 2 is 2.25 bits per heavy atom. The maximum absolute atomic E-state index is 11.7. The molecule has 0 aliphatic rings. The molecule has 0 fully saturated rings. The molecule has 6 heteroatoms. The van der Waals surface area contributed by atoms with Gasteiger partial charge in [-0.05, 0) is 24.8 Å². The fourth-order valence-electron chi connectivity index (χ4n) is 1.36. The molecule has 1 aromatic heterocycles. The van der Waals surface area contributed by atoms with Crippen LogP contribution in [-0.4, -0.2) is 25.7 Å². The van der Waals surface area contributed by atoms with Crippen molar-refractivity contribution in [1.82, 2.24) is 4.72 Å². The van der Waals surface area contributed by atoms with Crippen molar-refractivity contribution >= 4 is 21.4 Å². The number of thiophene rings is 1. The Balaban J connectivity index is 2.62. The normalized spacial score (nSPS) is 15.9. The highest BCUT2D eigenvalue weighted by molar-refractivity contribution is 7.91. The van der Waals surface area contributed by atoms with Crippen LogP contribution in [0.5, 0.6) is 0 Å². The second kappa shape index (κ2) is 5.27. The molecule has 0 aromatic carbocycles. The van der Waals surface area contributed by atoms with Crippen LogP contribution in [0.3, 0.4) is 0 Å². The molecule has 0 aliphatic heterocycles. The average molecular weight is 263 g/mol. The number of sulfonamides is 1. The van der Waals surface area contributed by atoms with Gasteiger partial charge in [0.1, 0.15) is 4.21 Å². The molecule has 0 amide bonds. The molecular formula is C10H17NO3S2. The third-order valence-electron chi connectivity index (χ3n) is 2.19. The van der Waals surface area contributed by atoms with Crippen molar-refractivity contribution in [3.05, 3.63) is 17.5 Å². The van der Waals surface area contributed by atoms with Crippen LogP contribution in [-0.2, 0) is 10.0 Å². The molecule has 1 aromatic rings. The summed E-state index contributed by atoms with van der Waals surface area (Å²) in [4.78, 5) is 0. The molecule has 4 nitrogen and oxygen atoms in total. The molecule has 1 unspecified atom stereocenters. The molecule has 0 radical (unpaired) electrons. The lowest BCUT2D eigenvalue weighted by atomic mass is 10.0. The van der Waals surface area contributed by atoms with E-state index in [-0.39, 0.29) is 10.8 Å². The molecule has 0 bridgehead atoms. The van der Waals surface area contributed by atoms with Crippen molar-refractivity contribution in [2.24, 2.45) is 0 Å². The van der Waals surface area contributed by atoms with Crippen LogP contribution >= 0.6 is 11.3 Å². The Morgan fingerprint density at radius 1 is 1.56 bits per heavy atom. The molecule has 0 saturated carbocycles. The van der Waals surface area contributed by atoms with E-state index in [0.717, 1.165) is 17.8 Å². The Labute approximate surface area is 100 Å². The van der Waals surface area contributed by atoms with Gasteiger partial charge in [0.2, 0.25) is 10.0 Å². The van der Waals surface area contributed by atoms with Gasteiger partial charge < -0.3 is 5.11 Å². The minimum absolute atomic E-state index is 0.0427. The Morgan fingerprint density at radius 3 is 2.75 bits per heavy atom. The summed E-state index contributed by atoms with van der Waals surface area (Å²) in [5.74, 6) is 0. The van der Waals surface area contributed by atoms with E-state index in [1.807, 2.05) is 6.92 Å². The predicted molar refractivity (Wildman–Crippen MR) is 65.0 cm³/mol. The Kier molecular flexibility index (Phi) is 4.49. The smallest absolute Gasteiger partial charge is 0.250 e. The lowest BCUT2D eigenvalue weighted by Crippen LogP contribution is -2.40. The number of nitrogens with one attached hydrogen (secondary N) is 1. The number of rotatable bonds is 6. The highest BCUT2D eigenvalue weighted by Gasteiger charge is 2.23. The van der Waals surface area contributed by atoms with Crippen molar-refractivity contribution in [3.63, 3.8) is 0 Å². The molecule has 1 heterocycles. The zero-order valence-corrected chi connectivity index (χ0v) is 11.1. The van der Waals surface area contributed by atoms with Crippen LogP contribution in [0.2, 0.25) is 0 Å². The monoisotopic (exact) mass is 263 g/mol. The SMILES string of the molecule is CCCC(C)(O)CNS(=O)(=O)c1cccs1. The van der Waals surface area contributed by atoms with Gasteiger partial charge in [-0.3, -0.25) is 0 Å². The summed E-state index contributed by atoms with van der Waals surface area (Å²) in [5.41, 5.74) is -0.987.